The van der Waals surface area contributed by atoms with E-state index in [1.165, 1.54) is 18.9 Å². The molecule has 1 saturated heterocycles. The van der Waals surface area contributed by atoms with E-state index in [1.54, 1.807) is 17.8 Å². The Kier molecular flexibility index (Phi) is 4.29. The lowest BCUT2D eigenvalue weighted by atomic mass is 10.1. The van der Waals surface area contributed by atoms with Crippen molar-refractivity contribution < 1.29 is 9.18 Å². The van der Waals surface area contributed by atoms with Crippen LogP contribution in [0.4, 0.5) is 4.39 Å². The van der Waals surface area contributed by atoms with Gasteiger partial charge in [-0.2, -0.15) is 11.8 Å². The molecule has 1 aliphatic heterocycles. The van der Waals surface area contributed by atoms with Crippen molar-refractivity contribution in [3.8, 4) is 0 Å². The van der Waals surface area contributed by atoms with Gasteiger partial charge >= 0.3 is 0 Å². The third-order valence-electron chi connectivity index (χ3n) is 4.11. The molecule has 3 rings (SSSR count). The molecule has 108 valence electrons. The minimum Gasteiger partial charge on any atom is -0.342 e. The first-order valence-electron chi connectivity index (χ1n) is 7.38. The lowest BCUT2D eigenvalue weighted by molar-refractivity contribution is -0.131. The molecule has 4 heteroatoms. The normalized spacial score (nSPS) is 23.4. The van der Waals surface area contributed by atoms with Gasteiger partial charge < -0.3 is 4.90 Å². The van der Waals surface area contributed by atoms with Crippen LogP contribution < -0.4 is 0 Å². The molecule has 2 nitrogen and oxygen atoms in total. The van der Waals surface area contributed by atoms with Crippen molar-refractivity contribution in [1.29, 1.82) is 0 Å². The van der Waals surface area contributed by atoms with E-state index >= 15 is 0 Å². The number of halogens is 1. The average Bonchev–Trinajstić information content (AvgIpc) is 3.25. The van der Waals surface area contributed by atoms with Gasteiger partial charge in [0.15, 0.2) is 0 Å². The summed E-state index contributed by atoms with van der Waals surface area (Å²) in [5, 5.41) is 0.176. The molecule has 0 unspecified atom stereocenters. The van der Waals surface area contributed by atoms with E-state index in [9.17, 15) is 9.18 Å². The first kappa shape index (κ1) is 13.9. The molecule has 1 aromatic carbocycles. The fraction of sp³-hybridized carbons (Fsp3) is 0.562. The molecule has 1 amide bonds. The molecular weight excluding hydrogens is 273 g/mol. The van der Waals surface area contributed by atoms with Crippen LogP contribution in [0, 0.1) is 11.7 Å². The van der Waals surface area contributed by atoms with Crippen LogP contribution in [-0.4, -0.2) is 29.6 Å². The maximum absolute atomic E-state index is 13.8. The summed E-state index contributed by atoms with van der Waals surface area (Å²) in [6.45, 7) is 1.57. The van der Waals surface area contributed by atoms with Gasteiger partial charge in [0.1, 0.15) is 5.82 Å². The first-order chi connectivity index (χ1) is 9.74. The summed E-state index contributed by atoms with van der Waals surface area (Å²) in [5.41, 5.74) is 0.786. The van der Waals surface area contributed by atoms with Crippen molar-refractivity contribution in [2.75, 3.05) is 18.8 Å². The van der Waals surface area contributed by atoms with E-state index in [-0.39, 0.29) is 11.1 Å². The average molecular weight is 293 g/mol. The predicted molar refractivity (Wildman–Crippen MR) is 80.1 cm³/mol. The van der Waals surface area contributed by atoms with Crippen LogP contribution in [0.5, 0.6) is 0 Å². The van der Waals surface area contributed by atoms with Crippen molar-refractivity contribution in [2.24, 2.45) is 5.92 Å². The Labute approximate surface area is 123 Å². The van der Waals surface area contributed by atoms with Gasteiger partial charge in [-0.05, 0) is 31.2 Å². The summed E-state index contributed by atoms with van der Waals surface area (Å²) in [6, 6.07) is 7.01. The summed E-state index contributed by atoms with van der Waals surface area (Å²) < 4.78 is 13.8. The number of rotatable bonds is 3. The second-order valence-electron chi connectivity index (χ2n) is 5.70. The van der Waals surface area contributed by atoms with Crippen LogP contribution in [0.3, 0.4) is 0 Å². The van der Waals surface area contributed by atoms with E-state index in [0.29, 0.717) is 11.8 Å². The van der Waals surface area contributed by atoms with E-state index in [2.05, 4.69) is 0 Å². The number of carbonyl (C=O) groups excluding carboxylic acids is 1. The molecule has 2 fully saturated rings. The quantitative estimate of drug-likeness (QED) is 0.848. The van der Waals surface area contributed by atoms with Crippen LogP contribution in [0.2, 0.25) is 0 Å². The molecule has 0 bridgehead atoms. The van der Waals surface area contributed by atoms with Crippen molar-refractivity contribution in [2.45, 2.75) is 30.9 Å². The van der Waals surface area contributed by atoms with Gasteiger partial charge in [0.05, 0.1) is 0 Å². The highest BCUT2D eigenvalue weighted by Crippen LogP contribution is 2.37. The minimum absolute atomic E-state index is 0.122. The van der Waals surface area contributed by atoms with Crippen LogP contribution in [0.1, 0.15) is 36.5 Å². The predicted octanol–water partition coefficient (Wildman–Crippen LogP) is 3.63. The van der Waals surface area contributed by atoms with Crippen molar-refractivity contribution in [3.05, 3.63) is 35.6 Å². The monoisotopic (exact) mass is 293 g/mol. The third-order valence-corrected chi connectivity index (χ3v) is 5.42. The Hall–Kier alpha value is -1.03. The standard InChI is InChI=1S/C16H20FNOS/c17-14-4-2-1-3-13(14)15-7-8-18(9-10-20-15)16(19)11-12-5-6-12/h1-4,12,15H,5-11H2/t15-/m0/s1. The Balaban J connectivity index is 1.61. The van der Waals surface area contributed by atoms with Crippen LogP contribution in [0.25, 0.3) is 0 Å². The number of hydrogen-bond acceptors (Lipinski definition) is 2. The molecule has 1 saturated carbocycles. The number of hydrogen-bond donors (Lipinski definition) is 0. The summed E-state index contributed by atoms with van der Waals surface area (Å²) in [5.74, 6) is 1.71. The zero-order valence-corrected chi connectivity index (χ0v) is 12.4. The van der Waals surface area contributed by atoms with E-state index in [1.807, 2.05) is 17.0 Å². The molecule has 20 heavy (non-hydrogen) atoms. The second kappa shape index (κ2) is 6.17. The molecule has 0 spiro atoms. The Morgan fingerprint density at radius 1 is 1.25 bits per heavy atom. The number of carbonyl (C=O) groups is 1. The highest BCUT2D eigenvalue weighted by molar-refractivity contribution is 7.99. The zero-order valence-electron chi connectivity index (χ0n) is 11.6. The van der Waals surface area contributed by atoms with E-state index < -0.39 is 0 Å². The Morgan fingerprint density at radius 2 is 2.05 bits per heavy atom. The molecule has 2 aliphatic rings. The summed E-state index contributed by atoms with van der Waals surface area (Å²) in [4.78, 5) is 14.1. The van der Waals surface area contributed by atoms with E-state index in [0.717, 1.165) is 37.2 Å². The number of benzene rings is 1. The summed E-state index contributed by atoms with van der Waals surface area (Å²) in [7, 11) is 0. The van der Waals surface area contributed by atoms with Gasteiger partial charge in [-0.15, -0.1) is 0 Å². The smallest absolute Gasteiger partial charge is 0.222 e. The summed E-state index contributed by atoms with van der Waals surface area (Å²) >= 11 is 1.77. The van der Waals surface area contributed by atoms with Gasteiger partial charge in [0.25, 0.3) is 0 Å². The first-order valence-corrected chi connectivity index (χ1v) is 8.42. The molecule has 0 aromatic heterocycles. The largest absolute Gasteiger partial charge is 0.342 e. The van der Waals surface area contributed by atoms with Crippen molar-refractivity contribution in [3.63, 3.8) is 0 Å². The summed E-state index contributed by atoms with van der Waals surface area (Å²) in [6.07, 6.45) is 4.00. The highest BCUT2D eigenvalue weighted by atomic mass is 32.2. The Morgan fingerprint density at radius 3 is 2.80 bits per heavy atom. The molecule has 1 atom stereocenters. The van der Waals surface area contributed by atoms with Gasteiger partial charge in [-0.3, -0.25) is 4.79 Å². The number of nitrogens with zero attached hydrogens (tertiary/aromatic N) is 1. The number of thioether (sulfide) groups is 1. The lowest BCUT2D eigenvalue weighted by Crippen LogP contribution is -2.33. The third kappa shape index (κ3) is 3.35. The molecule has 0 radical (unpaired) electrons. The highest BCUT2D eigenvalue weighted by Gasteiger charge is 2.29. The minimum atomic E-state index is -0.122. The van der Waals surface area contributed by atoms with Gasteiger partial charge in [-0.1, -0.05) is 18.2 Å². The van der Waals surface area contributed by atoms with Crippen LogP contribution in [0.15, 0.2) is 24.3 Å². The van der Waals surface area contributed by atoms with Crippen LogP contribution in [-0.2, 0) is 4.79 Å². The maximum atomic E-state index is 13.8. The Bertz CT molecular complexity index is 489. The topological polar surface area (TPSA) is 20.3 Å². The second-order valence-corrected chi connectivity index (χ2v) is 7.01. The van der Waals surface area contributed by atoms with Crippen molar-refractivity contribution in [1.82, 2.24) is 4.90 Å². The van der Waals surface area contributed by atoms with Gasteiger partial charge in [-0.25, -0.2) is 4.39 Å². The zero-order chi connectivity index (χ0) is 13.9. The fourth-order valence-corrected chi connectivity index (χ4v) is 3.96. The maximum Gasteiger partial charge on any atom is 0.222 e. The molecular formula is C16H20FNOS. The number of amides is 1. The van der Waals surface area contributed by atoms with E-state index in [4.69, 9.17) is 0 Å². The molecule has 1 heterocycles. The SMILES string of the molecule is O=C(CC1CC1)N1CCS[C@H](c2ccccc2F)CC1. The van der Waals surface area contributed by atoms with Crippen LogP contribution >= 0.6 is 11.8 Å². The lowest BCUT2D eigenvalue weighted by Gasteiger charge is -2.20. The van der Waals surface area contributed by atoms with Crippen molar-refractivity contribution >= 4 is 17.7 Å². The molecule has 1 aliphatic carbocycles. The molecule has 1 aromatic rings. The van der Waals surface area contributed by atoms with Gasteiger partial charge in [0, 0.05) is 36.1 Å². The molecule has 0 N–H and O–H groups in total. The fourth-order valence-electron chi connectivity index (χ4n) is 2.70. The van der Waals surface area contributed by atoms with Gasteiger partial charge in [0.2, 0.25) is 5.91 Å².